The van der Waals surface area contributed by atoms with Crippen LogP contribution in [0.25, 0.3) is 10.8 Å². The minimum absolute atomic E-state index is 0.960. The molecule has 0 saturated carbocycles. The van der Waals surface area contributed by atoms with Crippen molar-refractivity contribution >= 4 is 27.9 Å². The molecule has 0 heterocycles. The molecule has 0 fully saturated rings. The van der Waals surface area contributed by atoms with E-state index in [1.165, 1.54) is 21.9 Å². The lowest BCUT2D eigenvalue weighted by atomic mass is 9.93. The van der Waals surface area contributed by atoms with Gasteiger partial charge in [-0.05, 0) is 40.5 Å². The lowest BCUT2D eigenvalue weighted by Crippen LogP contribution is -2.03. The summed E-state index contributed by atoms with van der Waals surface area (Å²) in [6.45, 7) is 0. The standard InChI is InChI=1S/C14H10S/c15-14-7-3-6-12-8-10-4-1-2-5-11(10)9-13(12)14/h1-5,7-9H,6H2. The van der Waals surface area contributed by atoms with E-state index in [1.54, 1.807) is 0 Å². The molecule has 3 rings (SSSR count). The van der Waals surface area contributed by atoms with Crippen LogP contribution in [0.5, 0.6) is 0 Å². The van der Waals surface area contributed by atoms with Crippen molar-refractivity contribution in [2.24, 2.45) is 0 Å². The van der Waals surface area contributed by atoms with Crippen LogP contribution in [0.15, 0.2) is 48.6 Å². The van der Waals surface area contributed by atoms with Crippen molar-refractivity contribution in [3.05, 3.63) is 59.7 Å². The molecule has 0 unspecified atom stereocenters. The molecule has 0 saturated heterocycles. The predicted octanol–water partition coefficient (Wildman–Crippen LogP) is 3.67. The Labute approximate surface area is 94.2 Å². The summed E-state index contributed by atoms with van der Waals surface area (Å²) < 4.78 is 0. The number of fused-ring (bicyclic) bond motifs is 2. The molecule has 1 aliphatic carbocycles. The zero-order valence-corrected chi connectivity index (χ0v) is 9.05. The molecule has 15 heavy (non-hydrogen) atoms. The lowest BCUT2D eigenvalue weighted by Gasteiger charge is -2.13. The Kier molecular flexibility index (Phi) is 1.93. The molecule has 0 nitrogen and oxygen atoms in total. The minimum Gasteiger partial charge on any atom is -0.0795 e. The van der Waals surface area contributed by atoms with Gasteiger partial charge in [-0.1, -0.05) is 48.6 Å². The molecule has 0 aliphatic heterocycles. The summed E-state index contributed by atoms with van der Waals surface area (Å²) in [7, 11) is 0. The highest BCUT2D eigenvalue weighted by Crippen LogP contribution is 2.24. The van der Waals surface area contributed by atoms with E-state index in [0.29, 0.717) is 0 Å². The van der Waals surface area contributed by atoms with Gasteiger partial charge in [-0.3, -0.25) is 0 Å². The molecule has 2 aromatic carbocycles. The Hall–Kier alpha value is -1.47. The first-order valence-corrected chi connectivity index (χ1v) is 5.48. The van der Waals surface area contributed by atoms with Crippen molar-refractivity contribution in [2.45, 2.75) is 6.42 Å². The van der Waals surface area contributed by atoms with Gasteiger partial charge in [0.25, 0.3) is 0 Å². The summed E-state index contributed by atoms with van der Waals surface area (Å²) in [6.07, 6.45) is 5.17. The van der Waals surface area contributed by atoms with Crippen molar-refractivity contribution in [3.63, 3.8) is 0 Å². The summed E-state index contributed by atoms with van der Waals surface area (Å²) in [5, 5.41) is 2.57. The fraction of sp³-hybridized carbons (Fsp3) is 0.0714. The van der Waals surface area contributed by atoms with Crippen LogP contribution >= 0.6 is 12.2 Å². The third-order valence-electron chi connectivity index (χ3n) is 2.84. The summed E-state index contributed by atoms with van der Waals surface area (Å²) in [5.74, 6) is 0. The van der Waals surface area contributed by atoms with E-state index in [1.807, 2.05) is 6.08 Å². The van der Waals surface area contributed by atoms with E-state index in [9.17, 15) is 0 Å². The number of rotatable bonds is 0. The predicted molar refractivity (Wildman–Crippen MR) is 68.5 cm³/mol. The van der Waals surface area contributed by atoms with Gasteiger partial charge in [-0.15, -0.1) is 0 Å². The van der Waals surface area contributed by atoms with E-state index < -0.39 is 0 Å². The molecule has 0 bridgehead atoms. The number of thiocarbonyl (C=S) groups is 1. The second-order valence-electron chi connectivity index (χ2n) is 3.83. The summed E-state index contributed by atoms with van der Waals surface area (Å²) in [6, 6.07) is 12.9. The molecule has 72 valence electrons. The average molecular weight is 210 g/mol. The lowest BCUT2D eigenvalue weighted by molar-refractivity contribution is 1.26. The summed E-state index contributed by atoms with van der Waals surface area (Å²) in [5.41, 5.74) is 2.58. The Morgan fingerprint density at radius 3 is 2.53 bits per heavy atom. The number of benzene rings is 2. The quantitative estimate of drug-likeness (QED) is 0.598. The van der Waals surface area contributed by atoms with Crippen molar-refractivity contribution in [2.75, 3.05) is 0 Å². The molecule has 1 heteroatoms. The second-order valence-corrected chi connectivity index (χ2v) is 4.27. The Balaban J connectivity index is 2.35. The first-order valence-electron chi connectivity index (χ1n) is 5.07. The molecular formula is C14H10S. The maximum absolute atomic E-state index is 5.34. The zero-order valence-electron chi connectivity index (χ0n) is 8.23. The molecule has 0 amide bonds. The maximum atomic E-state index is 5.34. The Bertz CT molecular complexity index is 579. The Morgan fingerprint density at radius 2 is 1.73 bits per heavy atom. The van der Waals surface area contributed by atoms with E-state index in [0.717, 1.165) is 11.3 Å². The molecule has 0 atom stereocenters. The van der Waals surface area contributed by atoms with Crippen LogP contribution < -0.4 is 0 Å². The maximum Gasteiger partial charge on any atom is 0.0449 e. The van der Waals surface area contributed by atoms with Gasteiger partial charge in [0.2, 0.25) is 0 Å². The van der Waals surface area contributed by atoms with Crippen LogP contribution in [-0.2, 0) is 6.42 Å². The van der Waals surface area contributed by atoms with E-state index in [2.05, 4.69) is 42.5 Å². The van der Waals surface area contributed by atoms with E-state index in [-0.39, 0.29) is 0 Å². The van der Waals surface area contributed by atoms with Gasteiger partial charge in [0.15, 0.2) is 0 Å². The van der Waals surface area contributed by atoms with Gasteiger partial charge in [-0.25, -0.2) is 0 Å². The van der Waals surface area contributed by atoms with Crippen LogP contribution in [0.3, 0.4) is 0 Å². The zero-order chi connectivity index (χ0) is 10.3. The molecule has 1 aliphatic rings. The third-order valence-corrected chi connectivity index (χ3v) is 3.20. The van der Waals surface area contributed by atoms with Gasteiger partial charge in [-0.2, -0.15) is 0 Å². The topological polar surface area (TPSA) is 0 Å². The molecule has 0 N–H and O–H groups in total. The summed E-state index contributed by atoms with van der Waals surface area (Å²) in [4.78, 5) is 0.960. The van der Waals surface area contributed by atoms with E-state index in [4.69, 9.17) is 12.2 Å². The minimum atomic E-state index is 0.960. The molecule has 0 radical (unpaired) electrons. The van der Waals surface area contributed by atoms with Crippen LogP contribution in [0.1, 0.15) is 11.1 Å². The average Bonchev–Trinajstić information content (AvgIpc) is 2.27. The number of hydrogen-bond acceptors (Lipinski definition) is 1. The van der Waals surface area contributed by atoms with Crippen LogP contribution in [0.2, 0.25) is 0 Å². The molecule has 0 aromatic heterocycles. The second kappa shape index (κ2) is 3.28. The smallest absolute Gasteiger partial charge is 0.0449 e. The van der Waals surface area contributed by atoms with Gasteiger partial charge >= 0.3 is 0 Å². The number of hydrogen-bond donors (Lipinski definition) is 0. The Morgan fingerprint density at radius 1 is 1.00 bits per heavy atom. The largest absolute Gasteiger partial charge is 0.0795 e. The highest BCUT2D eigenvalue weighted by atomic mass is 32.1. The fourth-order valence-electron chi connectivity index (χ4n) is 2.07. The van der Waals surface area contributed by atoms with Gasteiger partial charge in [0.1, 0.15) is 0 Å². The molecular weight excluding hydrogens is 200 g/mol. The highest BCUT2D eigenvalue weighted by molar-refractivity contribution is 7.81. The highest BCUT2D eigenvalue weighted by Gasteiger charge is 2.10. The first kappa shape index (κ1) is 8.81. The van der Waals surface area contributed by atoms with Gasteiger partial charge < -0.3 is 0 Å². The van der Waals surface area contributed by atoms with Crippen LogP contribution in [0.4, 0.5) is 0 Å². The van der Waals surface area contributed by atoms with Gasteiger partial charge in [0.05, 0.1) is 0 Å². The number of allylic oxidation sites excluding steroid dienone is 2. The van der Waals surface area contributed by atoms with Crippen LogP contribution in [0, 0.1) is 0 Å². The van der Waals surface area contributed by atoms with Crippen LogP contribution in [-0.4, -0.2) is 4.86 Å². The third kappa shape index (κ3) is 1.40. The summed E-state index contributed by atoms with van der Waals surface area (Å²) >= 11 is 5.34. The van der Waals surface area contributed by atoms with E-state index >= 15 is 0 Å². The monoisotopic (exact) mass is 210 g/mol. The molecule has 0 spiro atoms. The van der Waals surface area contributed by atoms with Crippen molar-refractivity contribution < 1.29 is 0 Å². The SMILES string of the molecule is S=C1C=CCc2cc3ccccc3cc21. The van der Waals surface area contributed by atoms with Gasteiger partial charge in [0, 0.05) is 4.86 Å². The first-order chi connectivity index (χ1) is 7.34. The van der Waals surface area contributed by atoms with Crippen molar-refractivity contribution in [1.82, 2.24) is 0 Å². The van der Waals surface area contributed by atoms with Crippen molar-refractivity contribution in [3.8, 4) is 0 Å². The van der Waals surface area contributed by atoms with Crippen molar-refractivity contribution in [1.29, 1.82) is 0 Å². The fourth-order valence-corrected chi connectivity index (χ4v) is 2.35. The normalized spacial score (nSPS) is 14.3. The molecule has 2 aromatic rings.